The van der Waals surface area contributed by atoms with Crippen LogP contribution >= 0.6 is 0 Å². The Kier molecular flexibility index (Phi) is 5.92. The topological polar surface area (TPSA) is 190 Å². The van der Waals surface area contributed by atoms with Gasteiger partial charge in [0.1, 0.15) is 24.4 Å². The van der Waals surface area contributed by atoms with Gasteiger partial charge in [-0.15, -0.1) is 0 Å². The molecule has 11 nitrogen and oxygen atoms in total. The molecule has 11 heteroatoms. The predicted octanol–water partition coefficient (Wildman–Crippen LogP) is -1.16. The zero-order valence-corrected chi connectivity index (χ0v) is 17.7. The first-order valence-corrected chi connectivity index (χ1v) is 10.7. The maximum atomic E-state index is 12.3. The van der Waals surface area contributed by atoms with E-state index >= 15 is 0 Å². The summed E-state index contributed by atoms with van der Waals surface area (Å²) in [5.41, 5.74) is -3.21. The fourth-order valence-electron chi connectivity index (χ4n) is 5.97. The second-order valence-electron chi connectivity index (χ2n) is 9.43. The third kappa shape index (κ3) is 3.15. The highest BCUT2D eigenvalue weighted by atomic mass is 16.7. The Morgan fingerprint density at radius 3 is 2.53 bits per heavy atom. The van der Waals surface area contributed by atoms with Gasteiger partial charge in [0, 0.05) is 16.9 Å². The molecule has 1 saturated heterocycles. The first-order valence-electron chi connectivity index (χ1n) is 10.7. The molecule has 0 amide bonds. The summed E-state index contributed by atoms with van der Waals surface area (Å²) in [5.74, 6) is -3.42. The lowest BCUT2D eigenvalue weighted by Crippen LogP contribution is -2.63. The van der Waals surface area contributed by atoms with Crippen molar-refractivity contribution in [3.63, 3.8) is 0 Å². The zero-order chi connectivity index (χ0) is 23.6. The molecular weight excluding hydrogens is 428 g/mol. The molecule has 2 fully saturated rings. The zero-order valence-electron chi connectivity index (χ0n) is 17.7. The van der Waals surface area contributed by atoms with E-state index in [-0.39, 0.29) is 17.7 Å². The van der Waals surface area contributed by atoms with Crippen molar-refractivity contribution in [3.8, 4) is 0 Å². The van der Waals surface area contributed by atoms with Crippen molar-refractivity contribution in [2.24, 2.45) is 17.3 Å². The lowest BCUT2D eigenvalue weighted by atomic mass is 9.50. The minimum absolute atomic E-state index is 0.222. The SMILES string of the molecule is CC1C(OC2OC(CO)C(O)C(O)C2O)CCC2(C)C(O)c3ccoc3C(O)(C(=O)O)C12. The molecule has 0 radical (unpaired) electrons. The minimum Gasteiger partial charge on any atom is -0.479 e. The number of furan rings is 1. The van der Waals surface area contributed by atoms with E-state index in [4.69, 9.17) is 13.9 Å². The third-order valence-electron chi connectivity index (χ3n) is 7.68. The van der Waals surface area contributed by atoms with Gasteiger partial charge in [-0.05, 0) is 24.8 Å². The van der Waals surface area contributed by atoms with Crippen molar-refractivity contribution in [2.45, 2.75) is 75.2 Å². The summed E-state index contributed by atoms with van der Waals surface area (Å²) in [5, 5.41) is 72.2. The number of aliphatic carboxylic acids is 1. The number of ether oxygens (including phenoxy) is 2. The Morgan fingerprint density at radius 2 is 1.91 bits per heavy atom. The van der Waals surface area contributed by atoms with Crippen LogP contribution in [0.2, 0.25) is 0 Å². The van der Waals surface area contributed by atoms with Crippen molar-refractivity contribution in [1.29, 1.82) is 0 Å². The number of carboxylic acids is 1. The van der Waals surface area contributed by atoms with Gasteiger partial charge in [-0.3, -0.25) is 0 Å². The predicted molar refractivity (Wildman–Crippen MR) is 104 cm³/mol. The van der Waals surface area contributed by atoms with Crippen LogP contribution in [0.3, 0.4) is 0 Å². The summed E-state index contributed by atoms with van der Waals surface area (Å²) in [6, 6.07) is 1.45. The first-order chi connectivity index (χ1) is 15.0. The third-order valence-corrected chi connectivity index (χ3v) is 7.68. The van der Waals surface area contributed by atoms with Crippen molar-refractivity contribution in [2.75, 3.05) is 6.61 Å². The van der Waals surface area contributed by atoms with E-state index < -0.39 is 78.3 Å². The molecule has 1 aliphatic heterocycles. The highest BCUT2D eigenvalue weighted by Crippen LogP contribution is 2.63. The lowest BCUT2D eigenvalue weighted by Gasteiger charge is -2.57. The Morgan fingerprint density at radius 1 is 1.22 bits per heavy atom. The number of rotatable bonds is 4. The van der Waals surface area contributed by atoms with E-state index in [9.17, 15) is 40.5 Å². The van der Waals surface area contributed by atoms with E-state index in [1.165, 1.54) is 12.3 Å². The Hall–Kier alpha value is -1.57. The number of fused-ring (bicyclic) bond motifs is 2. The standard InChI is InChI=1S/C21H30O11/c1-8-10(31-18-14(25)13(24)12(23)11(7-22)32-18)3-5-20(2)15(8)21(29,19(27)28)17-9(16(20)26)4-6-30-17/h4,6,8,10-16,18,22-26,29H,3,5,7H2,1-2H3,(H,27,28). The van der Waals surface area contributed by atoms with Crippen molar-refractivity contribution >= 4 is 5.97 Å². The largest absolute Gasteiger partial charge is 0.479 e. The monoisotopic (exact) mass is 458 g/mol. The molecule has 3 aliphatic rings. The molecule has 1 aromatic rings. The van der Waals surface area contributed by atoms with Crippen LogP contribution in [0.1, 0.15) is 44.1 Å². The van der Waals surface area contributed by atoms with Gasteiger partial charge in [0.25, 0.3) is 0 Å². The number of carboxylic acid groups (broad SMARTS) is 1. The molecule has 11 atom stereocenters. The van der Waals surface area contributed by atoms with Crippen molar-refractivity contribution < 1.29 is 54.4 Å². The van der Waals surface area contributed by atoms with Crippen LogP contribution in [-0.2, 0) is 19.9 Å². The summed E-state index contributed by atoms with van der Waals surface area (Å²) in [4.78, 5) is 12.3. The molecule has 2 aliphatic carbocycles. The highest BCUT2D eigenvalue weighted by Gasteiger charge is 2.67. The van der Waals surface area contributed by atoms with Crippen LogP contribution < -0.4 is 0 Å². The van der Waals surface area contributed by atoms with Crippen LogP contribution in [0.5, 0.6) is 0 Å². The van der Waals surface area contributed by atoms with E-state index in [1.807, 2.05) is 0 Å². The normalized spacial score (nSPS) is 48.7. The molecule has 1 aromatic heterocycles. The van der Waals surface area contributed by atoms with Gasteiger partial charge < -0.3 is 49.6 Å². The summed E-state index contributed by atoms with van der Waals surface area (Å²) < 4.78 is 16.7. The molecule has 180 valence electrons. The molecule has 0 aromatic carbocycles. The molecule has 7 N–H and O–H groups in total. The van der Waals surface area contributed by atoms with E-state index in [0.717, 1.165) is 0 Å². The summed E-state index contributed by atoms with van der Waals surface area (Å²) in [6.45, 7) is 2.77. The molecular formula is C21H30O11. The van der Waals surface area contributed by atoms with Crippen LogP contribution in [0.15, 0.2) is 16.7 Å². The van der Waals surface area contributed by atoms with Crippen LogP contribution in [-0.4, -0.2) is 85.1 Å². The van der Waals surface area contributed by atoms with E-state index in [2.05, 4.69) is 0 Å². The number of hydrogen-bond acceptors (Lipinski definition) is 10. The first kappa shape index (κ1) is 23.6. The number of aliphatic hydroxyl groups excluding tert-OH is 5. The summed E-state index contributed by atoms with van der Waals surface area (Å²) in [7, 11) is 0. The van der Waals surface area contributed by atoms with Crippen LogP contribution in [0.4, 0.5) is 0 Å². The second-order valence-corrected chi connectivity index (χ2v) is 9.43. The smallest absolute Gasteiger partial charge is 0.344 e. The molecule has 4 rings (SSSR count). The van der Waals surface area contributed by atoms with Gasteiger partial charge in [0.05, 0.1) is 25.1 Å². The second kappa shape index (κ2) is 8.03. The summed E-state index contributed by atoms with van der Waals surface area (Å²) >= 11 is 0. The summed E-state index contributed by atoms with van der Waals surface area (Å²) in [6.07, 6.45) is -7.27. The average Bonchev–Trinajstić information content (AvgIpc) is 3.25. The van der Waals surface area contributed by atoms with Gasteiger partial charge in [-0.1, -0.05) is 13.8 Å². The molecule has 1 saturated carbocycles. The van der Waals surface area contributed by atoms with Crippen LogP contribution in [0, 0.1) is 17.3 Å². The molecule has 0 bridgehead atoms. The van der Waals surface area contributed by atoms with Crippen LogP contribution in [0.25, 0.3) is 0 Å². The van der Waals surface area contributed by atoms with E-state index in [0.29, 0.717) is 6.42 Å². The van der Waals surface area contributed by atoms with E-state index in [1.54, 1.807) is 13.8 Å². The van der Waals surface area contributed by atoms with Gasteiger partial charge >= 0.3 is 5.97 Å². The number of hydrogen-bond donors (Lipinski definition) is 7. The fourth-order valence-corrected chi connectivity index (χ4v) is 5.97. The number of carbonyl (C=O) groups is 1. The highest BCUT2D eigenvalue weighted by molar-refractivity contribution is 5.80. The Balaban J connectivity index is 1.66. The maximum Gasteiger partial charge on any atom is 0.344 e. The van der Waals surface area contributed by atoms with Gasteiger partial charge in [0.15, 0.2) is 12.1 Å². The Bertz CT molecular complexity index is 855. The Labute approximate surface area is 183 Å². The lowest BCUT2D eigenvalue weighted by molar-refractivity contribution is -0.324. The number of aliphatic hydroxyl groups is 6. The maximum absolute atomic E-state index is 12.3. The molecule has 0 spiro atoms. The quantitative estimate of drug-likeness (QED) is 0.288. The minimum atomic E-state index is -2.43. The molecule has 2 heterocycles. The van der Waals surface area contributed by atoms with Gasteiger partial charge in [0.2, 0.25) is 5.60 Å². The van der Waals surface area contributed by atoms with Crippen molar-refractivity contribution in [3.05, 3.63) is 23.7 Å². The average molecular weight is 458 g/mol. The van der Waals surface area contributed by atoms with Crippen molar-refractivity contribution in [1.82, 2.24) is 0 Å². The van der Waals surface area contributed by atoms with Gasteiger partial charge in [-0.25, -0.2) is 4.79 Å². The van der Waals surface area contributed by atoms with Gasteiger partial charge in [-0.2, -0.15) is 0 Å². The molecule has 32 heavy (non-hydrogen) atoms. The molecule has 11 unspecified atom stereocenters. The fraction of sp³-hybridized carbons (Fsp3) is 0.762.